The monoisotopic (exact) mass is 479 g/mol. The van der Waals surface area contributed by atoms with Gasteiger partial charge >= 0.3 is 5.97 Å². The van der Waals surface area contributed by atoms with Crippen LogP contribution in [0.3, 0.4) is 0 Å². The highest BCUT2D eigenvalue weighted by molar-refractivity contribution is 8.18. The van der Waals surface area contributed by atoms with Crippen LogP contribution in [0.2, 0.25) is 0 Å². The fourth-order valence-electron chi connectivity index (χ4n) is 3.06. The van der Waals surface area contributed by atoms with E-state index in [0.717, 1.165) is 11.3 Å². The van der Waals surface area contributed by atoms with E-state index in [1.165, 1.54) is 18.9 Å². The van der Waals surface area contributed by atoms with Crippen molar-refractivity contribution in [1.29, 1.82) is 0 Å². The molecule has 8 heteroatoms. The number of carbonyl (C=O) groups excluding carboxylic acids is 1. The van der Waals surface area contributed by atoms with E-state index in [1.54, 1.807) is 55.5 Å². The van der Waals surface area contributed by atoms with Gasteiger partial charge < -0.3 is 24.1 Å². The molecule has 2 aromatic rings. The second-order valence-corrected chi connectivity index (χ2v) is 7.83. The number of nitrogens with zero attached hydrogens (tertiary/aromatic N) is 1. The van der Waals surface area contributed by atoms with Crippen molar-refractivity contribution in [3.05, 3.63) is 64.3 Å². The van der Waals surface area contributed by atoms with E-state index in [4.69, 9.17) is 25.4 Å². The zero-order valence-corrected chi connectivity index (χ0v) is 20.0. The third-order valence-electron chi connectivity index (χ3n) is 4.55. The number of hydrogen-bond acceptors (Lipinski definition) is 8. The lowest BCUT2D eigenvalue weighted by Gasteiger charge is -2.09. The predicted octanol–water partition coefficient (Wildman–Crippen LogP) is 5.30. The molecule has 7 nitrogen and oxygen atoms in total. The average Bonchev–Trinajstić information content (AvgIpc) is 3.14. The molecule has 0 saturated carbocycles. The summed E-state index contributed by atoms with van der Waals surface area (Å²) >= 11 is 1.17. The van der Waals surface area contributed by atoms with Crippen LogP contribution < -0.4 is 14.2 Å². The van der Waals surface area contributed by atoms with E-state index >= 15 is 0 Å². The fraction of sp³-hybridized carbons (Fsp3) is 0.231. The molecule has 2 aromatic carbocycles. The summed E-state index contributed by atoms with van der Waals surface area (Å²) < 4.78 is 21.5. The summed E-state index contributed by atoms with van der Waals surface area (Å²) in [4.78, 5) is 17.6. The van der Waals surface area contributed by atoms with Gasteiger partial charge in [0.15, 0.2) is 11.5 Å². The molecule has 3 rings (SSSR count). The number of esters is 1. The van der Waals surface area contributed by atoms with Crippen molar-refractivity contribution in [1.82, 2.24) is 0 Å². The van der Waals surface area contributed by atoms with Gasteiger partial charge in [-0.05, 0) is 61.9 Å². The molecule has 1 N–H and O–H groups in total. The number of thioether (sulfide) groups is 1. The largest absolute Gasteiger partial charge is 0.506 e. The van der Waals surface area contributed by atoms with E-state index in [0.29, 0.717) is 33.7 Å². The van der Waals surface area contributed by atoms with Crippen molar-refractivity contribution in [3.63, 3.8) is 0 Å². The Balaban J connectivity index is 1.97. The average molecular weight is 480 g/mol. The van der Waals surface area contributed by atoms with Gasteiger partial charge in [0.1, 0.15) is 28.7 Å². The van der Waals surface area contributed by atoms with Crippen LogP contribution in [0.1, 0.15) is 19.4 Å². The van der Waals surface area contributed by atoms with Gasteiger partial charge in [0, 0.05) is 0 Å². The van der Waals surface area contributed by atoms with E-state index < -0.39 is 5.97 Å². The summed E-state index contributed by atoms with van der Waals surface area (Å²) in [5.74, 6) is 3.29. The number of aliphatic hydroxyl groups excluding tert-OH is 1. The second kappa shape index (κ2) is 11.9. The Morgan fingerprint density at radius 1 is 1.12 bits per heavy atom. The van der Waals surface area contributed by atoms with Crippen molar-refractivity contribution in [2.24, 2.45) is 4.99 Å². The number of methoxy groups -OCH3 is 1. The lowest BCUT2D eigenvalue weighted by atomic mass is 10.1. The van der Waals surface area contributed by atoms with Crippen LogP contribution in [0.4, 0.5) is 5.69 Å². The molecule has 0 bridgehead atoms. The lowest BCUT2D eigenvalue weighted by Crippen LogP contribution is -2.12. The molecule has 0 radical (unpaired) electrons. The van der Waals surface area contributed by atoms with Crippen LogP contribution >= 0.6 is 11.8 Å². The summed E-state index contributed by atoms with van der Waals surface area (Å²) in [7, 11) is 1.52. The zero-order chi connectivity index (χ0) is 24.5. The maximum Gasteiger partial charge on any atom is 0.344 e. The first-order valence-corrected chi connectivity index (χ1v) is 11.4. The second-order valence-electron chi connectivity index (χ2n) is 6.80. The highest BCUT2D eigenvalue weighted by Gasteiger charge is 2.33. The number of rotatable bonds is 9. The summed E-state index contributed by atoms with van der Waals surface area (Å²) in [6, 6.07) is 12.4. The summed E-state index contributed by atoms with van der Waals surface area (Å²) in [6.07, 6.45) is 6.98. The fourth-order valence-corrected chi connectivity index (χ4v) is 4.09. The van der Waals surface area contributed by atoms with Crippen LogP contribution in [0.25, 0.3) is 6.08 Å². The number of hydrogen-bond donors (Lipinski definition) is 1. The minimum absolute atomic E-state index is 0.0212. The molecule has 1 aliphatic heterocycles. The maximum absolute atomic E-state index is 12.6. The first-order chi connectivity index (χ1) is 16.5. The molecule has 34 heavy (non-hydrogen) atoms. The van der Waals surface area contributed by atoms with Crippen molar-refractivity contribution in [2.45, 2.75) is 13.8 Å². The van der Waals surface area contributed by atoms with Gasteiger partial charge in [-0.25, -0.2) is 9.79 Å². The van der Waals surface area contributed by atoms with Gasteiger partial charge in [-0.1, -0.05) is 23.7 Å². The van der Waals surface area contributed by atoms with Crippen LogP contribution in [-0.2, 0) is 9.53 Å². The highest BCUT2D eigenvalue weighted by atomic mass is 32.2. The smallest absolute Gasteiger partial charge is 0.344 e. The molecule has 176 valence electrons. The molecule has 0 aromatic heterocycles. The van der Waals surface area contributed by atoms with Crippen LogP contribution in [0.15, 0.2) is 63.7 Å². The van der Waals surface area contributed by atoms with Crippen molar-refractivity contribution < 1.29 is 28.8 Å². The molecule has 0 unspecified atom stereocenters. The van der Waals surface area contributed by atoms with Crippen LogP contribution in [0, 0.1) is 12.3 Å². The molecule has 1 aliphatic rings. The molecule has 0 aliphatic carbocycles. The van der Waals surface area contributed by atoms with Crippen molar-refractivity contribution in [3.8, 4) is 29.6 Å². The Morgan fingerprint density at radius 3 is 2.53 bits per heavy atom. The first-order valence-electron chi connectivity index (χ1n) is 10.6. The number of aliphatic imine (C=N–C) groups is 1. The molecular formula is C26H25NO6S. The Labute approximate surface area is 203 Å². The van der Waals surface area contributed by atoms with Crippen LogP contribution in [0.5, 0.6) is 17.2 Å². The molecule has 0 amide bonds. The third kappa shape index (κ3) is 5.94. The lowest BCUT2D eigenvalue weighted by molar-refractivity contribution is -0.138. The maximum atomic E-state index is 12.6. The number of ether oxygens (including phenoxy) is 4. The van der Waals surface area contributed by atoms with E-state index in [2.05, 4.69) is 10.9 Å². The first kappa shape index (κ1) is 24.8. The standard InChI is InChI=1S/C26H25NO6S/c1-5-14-33-20-13-8-17(15-21(20)30-4)16-22-24(28)23(26(29)32-7-3)25(34-22)27-18-9-11-19(12-10-18)31-6-2/h1,8-13,15-16,28H,6-7,14H2,2-4H3/b22-16-,27-25?. The predicted molar refractivity (Wildman–Crippen MR) is 134 cm³/mol. The normalized spacial score (nSPS) is 15.4. The van der Waals surface area contributed by atoms with Gasteiger partial charge in [0.25, 0.3) is 0 Å². The van der Waals surface area contributed by atoms with Gasteiger partial charge in [0.2, 0.25) is 0 Å². The summed E-state index contributed by atoms with van der Waals surface area (Å²) in [6.45, 7) is 4.46. The molecule has 0 atom stereocenters. The number of carbonyl (C=O) groups is 1. The minimum atomic E-state index is -0.642. The summed E-state index contributed by atoms with van der Waals surface area (Å²) in [5, 5.41) is 11.2. The van der Waals surface area contributed by atoms with Crippen molar-refractivity contribution in [2.75, 3.05) is 26.9 Å². The quantitative estimate of drug-likeness (QED) is 0.386. The van der Waals surface area contributed by atoms with Gasteiger partial charge in [-0.15, -0.1) is 6.42 Å². The van der Waals surface area contributed by atoms with Gasteiger partial charge in [0.05, 0.1) is 30.9 Å². The Morgan fingerprint density at radius 2 is 1.88 bits per heavy atom. The molecule has 1 heterocycles. The zero-order valence-electron chi connectivity index (χ0n) is 19.2. The Hall–Kier alpha value is -3.83. The number of aliphatic hydroxyl groups is 1. The molecule has 0 saturated heterocycles. The Bertz CT molecular complexity index is 1170. The topological polar surface area (TPSA) is 86.6 Å². The molecule has 0 fully saturated rings. The molecular weight excluding hydrogens is 454 g/mol. The van der Waals surface area contributed by atoms with E-state index in [9.17, 15) is 9.90 Å². The Kier molecular flexibility index (Phi) is 8.66. The summed E-state index contributed by atoms with van der Waals surface area (Å²) in [5.41, 5.74) is 1.36. The molecule has 0 spiro atoms. The number of terminal acetylenes is 1. The highest BCUT2D eigenvalue weighted by Crippen LogP contribution is 2.41. The minimum Gasteiger partial charge on any atom is -0.506 e. The SMILES string of the molecule is C#CCOc1ccc(/C=C2\SC(=Nc3ccc(OCC)cc3)C(C(=O)OCC)=C2O)cc1OC. The van der Waals surface area contributed by atoms with E-state index in [1.807, 2.05) is 6.92 Å². The van der Waals surface area contributed by atoms with Crippen molar-refractivity contribution >= 4 is 34.5 Å². The van der Waals surface area contributed by atoms with Crippen LogP contribution in [-0.4, -0.2) is 43.0 Å². The number of benzene rings is 2. The van der Waals surface area contributed by atoms with Gasteiger partial charge in [-0.2, -0.15) is 0 Å². The van der Waals surface area contributed by atoms with Gasteiger partial charge in [-0.3, -0.25) is 0 Å². The third-order valence-corrected chi connectivity index (χ3v) is 5.56. The van der Waals surface area contributed by atoms with E-state index in [-0.39, 0.29) is 24.5 Å².